The molecule has 0 bridgehead atoms. The Labute approximate surface area is 88.3 Å². The van der Waals surface area contributed by atoms with Crippen molar-refractivity contribution in [2.45, 2.75) is 6.92 Å². The lowest BCUT2D eigenvalue weighted by Gasteiger charge is -2.06. The first-order valence-electron chi connectivity index (χ1n) is 4.48. The Bertz CT molecular complexity index is 445. The first kappa shape index (κ1) is 11.2. The topological polar surface area (TPSA) is 50.5 Å². The maximum Gasteiger partial charge on any atom is 0.203 e. The van der Waals surface area contributed by atoms with Crippen molar-refractivity contribution in [2.24, 2.45) is 5.10 Å². The van der Waals surface area contributed by atoms with Crippen LogP contribution in [-0.4, -0.2) is 35.1 Å². The third-order valence-electron chi connectivity index (χ3n) is 1.71. The van der Waals surface area contributed by atoms with Crippen molar-refractivity contribution >= 4 is 11.9 Å². The summed E-state index contributed by atoms with van der Waals surface area (Å²) in [6.07, 6.45) is 3.15. The van der Waals surface area contributed by atoms with E-state index < -0.39 is 0 Å². The van der Waals surface area contributed by atoms with Crippen molar-refractivity contribution in [1.29, 1.82) is 0 Å². The second-order valence-corrected chi connectivity index (χ2v) is 3.29. The van der Waals surface area contributed by atoms with Crippen LogP contribution in [0, 0.1) is 6.92 Å². The highest BCUT2D eigenvalue weighted by Crippen LogP contribution is 1.95. The first-order chi connectivity index (χ1) is 7.00. The Morgan fingerprint density at radius 1 is 1.67 bits per heavy atom. The number of allylic oxidation sites excluding steroid dienone is 1. The molecule has 15 heavy (non-hydrogen) atoms. The summed E-state index contributed by atoms with van der Waals surface area (Å²) in [6, 6.07) is 1.46. The van der Waals surface area contributed by atoms with Crippen LogP contribution in [0.4, 0.5) is 0 Å². The lowest BCUT2D eigenvalue weighted by Crippen LogP contribution is -2.14. The van der Waals surface area contributed by atoms with Gasteiger partial charge in [-0.2, -0.15) is 10.2 Å². The standard InChI is InChI=1S/C10H14N4O/c1-8(7-11-13(3)4)14-6-5-10(15)9(2)12-14/h5-7H,1H2,2-4H3/b11-7-. The summed E-state index contributed by atoms with van der Waals surface area (Å²) in [5.41, 5.74) is 0.965. The lowest BCUT2D eigenvalue weighted by molar-refractivity contribution is 0.440. The minimum absolute atomic E-state index is 0.0800. The van der Waals surface area contributed by atoms with E-state index in [2.05, 4.69) is 16.8 Å². The van der Waals surface area contributed by atoms with E-state index in [0.29, 0.717) is 11.4 Å². The highest BCUT2D eigenvalue weighted by atomic mass is 16.1. The normalized spacial score (nSPS) is 10.6. The van der Waals surface area contributed by atoms with Crippen LogP contribution in [0.5, 0.6) is 0 Å². The van der Waals surface area contributed by atoms with Crippen molar-refractivity contribution in [3.63, 3.8) is 0 Å². The van der Waals surface area contributed by atoms with Gasteiger partial charge in [0.2, 0.25) is 5.43 Å². The fraction of sp³-hybridized carbons (Fsp3) is 0.300. The molecule has 1 aromatic heterocycles. The zero-order valence-corrected chi connectivity index (χ0v) is 9.14. The van der Waals surface area contributed by atoms with E-state index in [0.717, 1.165) is 0 Å². The van der Waals surface area contributed by atoms with Crippen LogP contribution in [0.15, 0.2) is 28.7 Å². The molecule has 0 N–H and O–H groups in total. The smallest absolute Gasteiger partial charge is 0.203 e. The van der Waals surface area contributed by atoms with Crippen LogP contribution in [0.3, 0.4) is 0 Å². The van der Waals surface area contributed by atoms with E-state index in [-0.39, 0.29) is 5.43 Å². The molecule has 5 nitrogen and oxygen atoms in total. The van der Waals surface area contributed by atoms with E-state index in [4.69, 9.17) is 0 Å². The maximum absolute atomic E-state index is 11.1. The minimum Gasteiger partial charge on any atom is -0.303 e. The summed E-state index contributed by atoms with van der Waals surface area (Å²) >= 11 is 0. The van der Waals surface area contributed by atoms with Gasteiger partial charge in [-0.05, 0) is 6.92 Å². The van der Waals surface area contributed by atoms with Gasteiger partial charge in [-0.25, -0.2) is 4.68 Å². The highest BCUT2D eigenvalue weighted by molar-refractivity contribution is 6.00. The second kappa shape index (κ2) is 4.54. The fourth-order valence-corrected chi connectivity index (χ4v) is 0.904. The van der Waals surface area contributed by atoms with Crippen molar-refractivity contribution in [2.75, 3.05) is 14.1 Å². The molecule has 0 aliphatic heterocycles. The summed E-state index contributed by atoms with van der Waals surface area (Å²) in [5.74, 6) is 0. The highest BCUT2D eigenvalue weighted by Gasteiger charge is 1.97. The molecule has 0 fully saturated rings. The minimum atomic E-state index is -0.0800. The largest absolute Gasteiger partial charge is 0.303 e. The van der Waals surface area contributed by atoms with Gasteiger partial charge in [-0.1, -0.05) is 6.58 Å². The number of rotatable bonds is 3. The van der Waals surface area contributed by atoms with E-state index in [1.54, 1.807) is 24.3 Å². The third kappa shape index (κ3) is 3.05. The molecular weight excluding hydrogens is 192 g/mol. The summed E-state index contributed by atoms with van der Waals surface area (Å²) in [6.45, 7) is 5.45. The zero-order valence-electron chi connectivity index (χ0n) is 9.14. The molecule has 0 unspecified atom stereocenters. The average Bonchev–Trinajstić information content (AvgIpc) is 2.18. The predicted molar refractivity (Wildman–Crippen MR) is 60.7 cm³/mol. The summed E-state index contributed by atoms with van der Waals surface area (Å²) in [7, 11) is 3.63. The number of nitrogens with zero attached hydrogens (tertiary/aromatic N) is 4. The Balaban J connectivity index is 2.93. The Morgan fingerprint density at radius 2 is 2.33 bits per heavy atom. The average molecular weight is 206 g/mol. The number of hydrazone groups is 1. The molecule has 80 valence electrons. The molecule has 0 spiro atoms. The predicted octanol–water partition coefficient (Wildman–Crippen LogP) is 0.570. The van der Waals surface area contributed by atoms with Gasteiger partial charge in [0.1, 0.15) is 5.69 Å². The van der Waals surface area contributed by atoms with Crippen LogP contribution < -0.4 is 5.43 Å². The van der Waals surface area contributed by atoms with E-state index in [1.807, 2.05) is 14.1 Å². The van der Waals surface area contributed by atoms with Crippen LogP contribution >= 0.6 is 0 Å². The summed E-state index contributed by atoms with van der Waals surface area (Å²) in [5, 5.41) is 9.72. The molecule has 0 saturated carbocycles. The van der Waals surface area contributed by atoms with Gasteiger partial charge in [-0.3, -0.25) is 4.79 Å². The fourth-order valence-electron chi connectivity index (χ4n) is 0.904. The van der Waals surface area contributed by atoms with Gasteiger partial charge in [-0.15, -0.1) is 0 Å². The van der Waals surface area contributed by atoms with Gasteiger partial charge in [0.05, 0.1) is 11.9 Å². The van der Waals surface area contributed by atoms with E-state index >= 15 is 0 Å². The Hall–Kier alpha value is -1.91. The van der Waals surface area contributed by atoms with Gasteiger partial charge < -0.3 is 5.01 Å². The number of aromatic nitrogens is 2. The van der Waals surface area contributed by atoms with Crippen molar-refractivity contribution in [1.82, 2.24) is 14.8 Å². The van der Waals surface area contributed by atoms with Crippen LogP contribution in [0.25, 0.3) is 5.70 Å². The molecule has 0 aromatic carbocycles. The molecule has 5 heteroatoms. The van der Waals surface area contributed by atoms with Crippen molar-refractivity contribution in [3.8, 4) is 0 Å². The van der Waals surface area contributed by atoms with Gasteiger partial charge >= 0.3 is 0 Å². The second-order valence-electron chi connectivity index (χ2n) is 3.29. The quantitative estimate of drug-likeness (QED) is 0.536. The van der Waals surface area contributed by atoms with Crippen LogP contribution in [0.2, 0.25) is 0 Å². The molecule has 1 heterocycles. The molecule has 1 rings (SSSR count). The molecule has 1 aromatic rings. The van der Waals surface area contributed by atoms with Crippen LogP contribution in [0.1, 0.15) is 5.69 Å². The molecule has 0 aliphatic carbocycles. The third-order valence-corrected chi connectivity index (χ3v) is 1.71. The maximum atomic E-state index is 11.1. The Kier molecular flexibility index (Phi) is 3.38. The van der Waals surface area contributed by atoms with Gasteiger partial charge in [0.25, 0.3) is 0 Å². The first-order valence-corrected chi connectivity index (χ1v) is 4.48. The molecule has 0 radical (unpaired) electrons. The van der Waals surface area contributed by atoms with Crippen LogP contribution in [-0.2, 0) is 0 Å². The number of hydrogen-bond donors (Lipinski definition) is 0. The number of hydrogen-bond acceptors (Lipinski definition) is 4. The van der Waals surface area contributed by atoms with Gasteiger partial charge in [0.15, 0.2) is 0 Å². The molecule has 0 saturated heterocycles. The lowest BCUT2D eigenvalue weighted by atomic mass is 10.4. The summed E-state index contributed by atoms with van der Waals surface area (Å²) < 4.78 is 1.52. The van der Waals surface area contributed by atoms with E-state index in [1.165, 1.54) is 10.7 Å². The number of aryl methyl sites for hydroxylation is 1. The zero-order chi connectivity index (χ0) is 11.4. The summed E-state index contributed by atoms with van der Waals surface area (Å²) in [4.78, 5) is 11.1. The van der Waals surface area contributed by atoms with E-state index in [9.17, 15) is 4.79 Å². The molecular formula is C10H14N4O. The molecule has 0 amide bonds. The van der Waals surface area contributed by atoms with Crippen molar-refractivity contribution < 1.29 is 0 Å². The molecule has 0 aliphatic rings. The SMILES string of the molecule is C=C(/C=N\N(C)C)n1ccc(=O)c(C)n1. The monoisotopic (exact) mass is 206 g/mol. The Morgan fingerprint density at radius 3 is 2.87 bits per heavy atom. The van der Waals surface area contributed by atoms with Crippen molar-refractivity contribution in [3.05, 3.63) is 34.8 Å². The molecule has 0 atom stereocenters. The van der Waals surface area contributed by atoms with Gasteiger partial charge in [0, 0.05) is 26.4 Å².